The Labute approximate surface area is 386 Å². The second-order valence-corrected chi connectivity index (χ2v) is 18.7. The lowest BCUT2D eigenvalue weighted by atomic mass is 9.85. The van der Waals surface area contributed by atoms with Crippen molar-refractivity contribution in [3.63, 3.8) is 0 Å². The van der Waals surface area contributed by atoms with Crippen LogP contribution in [0.4, 0.5) is 0 Å². The molecule has 0 radical (unpaired) electrons. The highest BCUT2D eigenvalue weighted by molar-refractivity contribution is 7.86. The molecule has 362 valence electrons. The van der Waals surface area contributed by atoms with Gasteiger partial charge in [0.15, 0.2) is 0 Å². The first-order chi connectivity index (χ1) is 31.2. The Hall–Kier alpha value is -3.93. The minimum atomic E-state index is -3.81. The summed E-state index contributed by atoms with van der Waals surface area (Å²) in [4.78, 5) is 47.0. The van der Waals surface area contributed by atoms with E-state index in [4.69, 9.17) is 37.3 Å². The predicted octanol–water partition coefficient (Wildman–Crippen LogP) is 3.06. The maximum absolute atomic E-state index is 13.9. The Morgan fingerprint density at radius 3 is 1.77 bits per heavy atom. The third kappa shape index (κ3) is 19.4. The van der Waals surface area contributed by atoms with E-state index in [-0.39, 0.29) is 63.3 Å². The Kier molecular flexibility index (Phi) is 23.4. The smallest absolute Gasteiger partial charge is 0.297 e. The van der Waals surface area contributed by atoms with Crippen molar-refractivity contribution >= 4 is 39.2 Å². The number of carbonyl (C=O) groups is 3. The molecule has 1 fully saturated rings. The quantitative estimate of drug-likeness (QED) is 0.0624. The van der Waals surface area contributed by atoms with Crippen LogP contribution in [0, 0.1) is 19.3 Å². The molecule has 18 nitrogen and oxygen atoms in total. The van der Waals surface area contributed by atoms with Gasteiger partial charge in [-0.3, -0.25) is 18.6 Å². The molecular formula is C45H66N4O14S2. The maximum atomic E-state index is 13.9. The molecular weight excluding hydrogens is 885 g/mol. The number of carbonyl (C=O) groups excluding carboxylic acids is 3. The summed E-state index contributed by atoms with van der Waals surface area (Å²) >= 11 is 1.57. The van der Waals surface area contributed by atoms with Crippen LogP contribution < -0.4 is 10.6 Å². The molecule has 2 aromatic carbocycles. The summed E-state index contributed by atoms with van der Waals surface area (Å²) in [5, 5.41) is 16.2. The minimum Gasteiger partial charge on any atom is -0.391 e. The lowest BCUT2D eigenvalue weighted by molar-refractivity contribution is -0.144. The summed E-state index contributed by atoms with van der Waals surface area (Å²) in [6, 6.07) is 12.4. The molecule has 0 aliphatic carbocycles. The van der Waals surface area contributed by atoms with Gasteiger partial charge in [-0.05, 0) is 42.5 Å². The van der Waals surface area contributed by atoms with E-state index in [1.54, 1.807) is 29.0 Å². The molecule has 1 aliphatic rings. The zero-order valence-corrected chi connectivity index (χ0v) is 39.8. The number of rotatable bonds is 31. The van der Waals surface area contributed by atoms with Crippen LogP contribution in [0.15, 0.2) is 58.9 Å². The summed E-state index contributed by atoms with van der Waals surface area (Å²) in [7, 11) is -3.81. The molecule has 3 N–H and O–H groups in total. The third-order valence-corrected chi connectivity index (χ3v) is 12.3. The monoisotopic (exact) mass is 950 g/mol. The van der Waals surface area contributed by atoms with E-state index in [9.17, 15) is 27.9 Å². The zero-order chi connectivity index (χ0) is 47.1. The largest absolute Gasteiger partial charge is 0.391 e. The summed E-state index contributed by atoms with van der Waals surface area (Å²) in [6.45, 7) is 13.3. The fourth-order valence-corrected chi connectivity index (χ4v) is 8.15. The number of amides is 3. The third-order valence-electron chi connectivity index (χ3n) is 9.95. The van der Waals surface area contributed by atoms with E-state index in [0.29, 0.717) is 66.1 Å². The van der Waals surface area contributed by atoms with Crippen molar-refractivity contribution in [1.29, 1.82) is 0 Å². The van der Waals surface area contributed by atoms with Gasteiger partial charge in [0.05, 0.1) is 120 Å². The van der Waals surface area contributed by atoms with E-state index >= 15 is 0 Å². The predicted molar refractivity (Wildman–Crippen MR) is 242 cm³/mol. The molecule has 1 aromatic heterocycles. The maximum Gasteiger partial charge on any atom is 0.297 e. The first kappa shape index (κ1) is 53.7. The van der Waals surface area contributed by atoms with Crippen molar-refractivity contribution in [2.24, 2.45) is 5.41 Å². The molecule has 1 unspecified atom stereocenters. The highest BCUT2D eigenvalue weighted by Gasteiger charge is 2.44. The molecule has 20 heteroatoms. The minimum absolute atomic E-state index is 0.0207. The van der Waals surface area contributed by atoms with Gasteiger partial charge in [0.1, 0.15) is 18.7 Å². The SMILES string of the molecule is Cc1ccc(S(=O)(=O)OCCOCCOCCOCCOCCOCCOCCOCC(=O)NC(C(=O)N2C[C@H](O)C[C@H]2C(=O)NCc2ccc(-c3scnc3C)cc2)C(C)(C)C)cc1. The van der Waals surface area contributed by atoms with Crippen molar-refractivity contribution in [3.8, 4) is 10.4 Å². The molecule has 4 rings (SSSR count). The van der Waals surface area contributed by atoms with Gasteiger partial charge in [0.2, 0.25) is 17.7 Å². The first-order valence-corrected chi connectivity index (χ1v) is 24.0. The van der Waals surface area contributed by atoms with E-state index in [2.05, 4.69) is 15.6 Å². The van der Waals surface area contributed by atoms with E-state index in [1.807, 2.05) is 58.9 Å². The fraction of sp³-hybridized carbons (Fsp3) is 0.600. The average molecular weight is 951 g/mol. The summed E-state index contributed by atoms with van der Waals surface area (Å²) in [5.41, 5.74) is 4.96. The zero-order valence-electron chi connectivity index (χ0n) is 38.1. The summed E-state index contributed by atoms with van der Waals surface area (Å²) in [5.74, 6) is -1.32. The van der Waals surface area contributed by atoms with Crippen LogP contribution in [-0.2, 0) is 68.4 Å². The van der Waals surface area contributed by atoms with Gasteiger partial charge in [0, 0.05) is 19.5 Å². The Morgan fingerprint density at radius 1 is 0.769 bits per heavy atom. The van der Waals surface area contributed by atoms with Gasteiger partial charge in [-0.2, -0.15) is 8.42 Å². The van der Waals surface area contributed by atoms with Gasteiger partial charge in [-0.15, -0.1) is 11.3 Å². The van der Waals surface area contributed by atoms with Gasteiger partial charge in [0.25, 0.3) is 10.1 Å². The van der Waals surface area contributed by atoms with Gasteiger partial charge in [-0.25, -0.2) is 4.98 Å². The number of aryl methyl sites for hydroxylation is 2. The number of aliphatic hydroxyl groups is 1. The van der Waals surface area contributed by atoms with Crippen LogP contribution >= 0.6 is 11.3 Å². The number of hydrogen-bond donors (Lipinski definition) is 3. The number of aromatic nitrogens is 1. The van der Waals surface area contributed by atoms with Crippen molar-refractivity contribution in [2.45, 2.75) is 70.7 Å². The number of benzene rings is 2. The molecule has 65 heavy (non-hydrogen) atoms. The molecule has 0 spiro atoms. The number of ether oxygens (including phenoxy) is 7. The summed E-state index contributed by atoms with van der Waals surface area (Å²) in [6.07, 6.45) is -0.781. The topological polar surface area (TPSA) is 220 Å². The van der Waals surface area contributed by atoms with Crippen LogP contribution in [0.5, 0.6) is 0 Å². The lowest BCUT2D eigenvalue weighted by Gasteiger charge is -2.35. The second-order valence-electron chi connectivity index (χ2n) is 16.3. The normalized spacial score (nSPS) is 15.9. The van der Waals surface area contributed by atoms with Gasteiger partial charge >= 0.3 is 0 Å². The Bertz CT molecular complexity index is 1980. The fourth-order valence-electron chi connectivity index (χ4n) is 6.44. The first-order valence-electron chi connectivity index (χ1n) is 21.7. The average Bonchev–Trinajstić information content (AvgIpc) is 3.89. The van der Waals surface area contributed by atoms with Crippen LogP contribution in [0.1, 0.15) is 44.0 Å². The van der Waals surface area contributed by atoms with Crippen LogP contribution in [0.2, 0.25) is 0 Å². The number of nitrogens with zero attached hydrogens (tertiary/aromatic N) is 2. The number of thiazole rings is 1. The van der Waals surface area contributed by atoms with Crippen LogP contribution in [-0.4, -0.2) is 165 Å². The van der Waals surface area contributed by atoms with Crippen molar-refractivity contribution < 1.29 is 65.2 Å². The van der Waals surface area contributed by atoms with Crippen molar-refractivity contribution in [2.75, 3.05) is 106 Å². The van der Waals surface area contributed by atoms with Crippen molar-refractivity contribution in [3.05, 3.63) is 70.9 Å². The molecule has 3 atom stereocenters. The number of likely N-dealkylation sites (tertiary alicyclic amines) is 1. The van der Waals surface area contributed by atoms with Gasteiger partial charge in [-0.1, -0.05) is 62.7 Å². The Morgan fingerprint density at radius 2 is 1.28 bits per heavy atom. The van der Waals surface area contributed by atoms with Crippen LogP contribution in [0.25, 0.3) is 10.4 Å². The number of nitrogens with one attached hydrogen (secondary N) is 2. The van der Waals surface area contributed by atoms with E-state index in [1.165, 1.54) is 17.0 Å². The molecule has 3 aromatic rings. The molecule has 2 heterocycles. The second kappa shape index (κ2) is 28.3. The van der Waals surface area contributed by atoms with Crippen molar-refractivity contribution in [1.82, 2.24) is 20.5 Å². The number of β-amino-alcohol motifs (C(OH)–C–C–N with tert-alkyl or cyclic N) is 1. The molecule has 1 aliphatic heterocycles. The summed E-state index contributed by atoms with van der Waals surface area (Å²) < 4.78 is 67.5. The highest BCUT2D eigenvalue weighted by Crippen LogP contribution is 2.28. The molecule has 3 amide bonds. The lowest BCUT2D eigenvalue weighted by Crippen LogP contribution is -2.58. The van der Waals surface area contributed by atoms with Gasteiger partial charge < -0.3 is 53.8 Å². The number of hydrogen-bond acceptors (Lipinski definition) is 16. The van der Waals surface area contributed by atoms with Crippen LogP contribution in [0.3, 0.4) is 0 Å². The Balaban J connectivity index is 0.962. The number of aliphatic hydroxyl groups excluding tert-OH is 1. The molecule has 1 saturated heterocycles. The molecule has 0 bridgehead atoms. The standard InChI is InChI=1S/C45H66N4O14S2/c1-33-6-12-38(13-7-33)65(54,55)63-27-26-61-23-22-59-19-18-57-15-14-56-16-17-58-20-21-60-24-25-62-31-40(51)48-42(45(3,4)5)44(53)49-30-37(50)28-39(49)43(52)46-29-35-8-10-36(11-9-35)41-34(2)47-32-64-41/h6-13,32,37,39,42,50H,14-31H2,1-5H3,(H,46,52)(H,48,51)/t37-,39+,42?/m1/s1. The van der Waals surface area contributed by atoms with E-state index in [0.717, 1.165) is 27.3 Å². The highest BCUT2D eigenvalue weighted by atomic mass is 32.2. The van der Waals surface area contributed by atoms with E-state index < -0.39 is 45.5 Å². The molecule has 0 saturated carbocycles.